The molecule has 1 atom stereocenters. The fourth-order valence-electron chi connectivity index (χ4n) is 2.83. The average Bonchev–Trinajstić information content (AvgIpc) is 3.27. The lowest BCUT2D eigenvalue weighted by atomic mass is 10.1. The van der Waals surface area contributed by atoms with E-state index in [-0.39, 0.29) is 6.04 Å². The van der Waals surface area contributed by atoms with E-state index in [0.717, 1.165) is 25.3 Å². The van der Waals surface area contributed by atoms with Gasteiger partial charge in [0.05, 0.1) is 6.04 Å². The second-order valence-corrected chi connectivity index (χ2v) is 6.82. The van der Waals surface area contributed by atoms with Crippen molar-refractivity contribution in [2.75, 3.05) is 13.6 Å². The molecule has 0 radical (unpaired) electrons. The largest absolute Gasteiger partial charge is 0.361 e. The van der Waals surface area contributed by atoms with Crippen molar-refractivity contribution in [1.29, 1.82) is 0 Å². The summed E-state index contributed by atoms with van der Waals surface area (Å²) in [5.41, 5.74) is 2.59. The predicted octanol–water partition coefficient (Wildman–Crippen LogP) is 4.09. The third kappa shape index (κ3) is 3.97. The number of hydrogen-bond acceptors (Lipinski definition) is 2. The summed E-state index contributed by atoms with van der Waals surface area (Å²) in [4.78, 5) is 8.97. The van der Waals surface area contributed by atoms with E-state index in [1.165, 1.54) is 21.3 Å². The summed E-state index contributed by atoms with van der Waals surface area (Å²) in [5, 5.41) is 10.3. The van der Waals surface area contributed by atoms with Gasteiger partial charge in [0.1, 0.15) is 0 Å². The van der Waals surface area contributed by atoms with Gasteiger partial charge in [0.25, 0.3) is 0 Å². The van der Waals surface area contributed by atoms with E-state index in [4.69, 9.17) is 0 Å². The van der Waals surface area contributed by atoms with Crippen molar-refractivity contribution in [3.8, 4) is 0 Å². The molecule has 3 aromatic rings. The van der Waals surface area contributed by atoms with E-state index in [1.807, 2.05) is 7.05 Å². The van der Waals surface area contributed by atoms with Gasteiger partial charge in [0.2, 0.25) is 0 Å². The number of benzene rings is 1. The van der Waals surface area contributed by atoms with E-state index in [2.05, 4.69) is 75.5 Å². The van der Waals surface area contributed by atoms with Crippen molar-refractivity contribution >= 4 is 28.2 Å². The maximum atomic E-state index is 4.32. The molecule has 2 aromatic heterocycles. The maximum absolute atomic E-state index is 4.32. The highest BCUT2D eigenvalue weighted by atomic mass is 32.1. The summed E-state index contributed by atoms with van der Waals surface area (Å²) in [6.07, 6.45) is 4.24. The Kier molecular flexibility index (Phi) is 5.54. The summed E-state index contributed by atoms with van der Waals surface area (Å²) in [6.45, 7) is 3.06. The molecule has 3 N–H and O–H groups in total. The first-order chi connectivity index (χ1) is 11.8. The standard InChI is InChI=1S/C19H24N4S/c1-14(18-10-6-12-24-18)23-19(20-2)21-11-5-7-15-13-22-17-9-4-3-8-16(15)17/h3-4,6,8-10,12-14,22H,5,7,11H2,1-2H3,(H2,20,21,23). The van der Waals surface area contributed by atoms with Gasteiger partial charge in [0.15, 0.2) is 5.96 Å². The monoisotopic (exact) mass is 340 g/mol. The van der Waals surface area contributed by atoms with Gasteiger partial charge in [0, 0.05) is 35.6 Å². The third-order valence-electron chi connectivity index (χ3n) is 4.14. The molecule has 0 spiro atoms. The molecule has 5 heteroatoms. The number of aryl methyl sites for hydroxylation is 1. The molecule has 0 bridgehead atoms. The van der Waals surface area contributed by atoms with Crippen molar-refractivity contribution in [3.63, 3.8) is 0 Å². The number of nitrogens with one attached hydrogen (secondary N) is 3. The first kappa shape index (κ1) is 16.6. The van der Waals surface area contributed by atoms with Crippen LogP contribution in [0.2, 0.25) is 0 Å². The van der Waals surface area contributed by atoms with Gasteiger partial charge in [-0.05, 0) is 42.8 Å². The molecule has 0 amide bonds. The first-order valence-electron chi connectivity index (χ1n) is 8.33. The van der Waals surface area contributed by atoms with E-state index in [9.17, 15) is 0 Å². The van der Waals surface area contributed by atoms with Crippen LogP contribution >= 0.6 is 11.3 Å². The Morgan fingerprint density at radius 2 is 2.12 bits per heavy atom. The zero-order chi connectivity index (χ0) is 16.8. The molecule has 3 rings (SSSR count). The molecule has 0 saturated heterocycles. The van der Waals surface area contributed by atoms with Crippen LogP contribution in [0.15, 0.2) is 53.0 Å². The zero-order valence-corrected chi connectivity index (χ0v) is 15.0. The molecular formula is C19H24N4S. The molecule has 1 unspecified atom stereocenters. The van der Waals surface area contributed by atoms with E-state index < -0.39 is 0 Å². The van der Waals surface area contributed by atoms with Crippen LogP contribution in [0.5, 0.6) is 0 Å². The smallest absolute Gasteiger partial charge is 0.191 e. The molecular weight excluding hydrogens is 316 g/mol. The van der Waals surface area contributed by atoms with Crippen LogP contribution in [0.4, 0.5) is 0 Å². The summed E-state index contributed by atoms with van der Waals surface area (Å²) in [6, 6.07) is 12.9. The van der Waals surface area contributed by atoms with E-state index in [0.29, 0.717) is 0 Å². The van der Waals surface area contributed by atoms with Crippen molar-refractivity contribution in [2.45, 2.75) is 25.8 Å². The van der Waals surface area contributed by atoms with Gasteiger partial charge < -0.3 is 15.6 Å². The fourth-order valence-corrected chi connectivity index (χ4v) is 3.57. The Bertz CT molecular complexity index is 789. The quantitative estimate of drug-likeness (QED) is 0.360. The molecule has 0 aliphatic carbocycles. The number of nitrogens with zero attached hydrogens (tertiary/aromatic N) is 1. The van der Waals surface area contributed by atoms with Gasteiger partial charge in [-0.3, -0.25) is 4.99 Å². The number of aromatic amines is 1. The number of hydrogen-bond donors (Lipinski definition) is 3. The number of aromatic nitrogens is 1. The molecule has 0 saturated carbocycles. The lowest BCUT2D eigenvalue weighted by Gasteiger charge is -2.16. The van der Waals surface area contributed by atoms with Crippen molar-refractivity contribution in [3.05, 3.63) is 58.4 Å². The number of guanidine groups is 1. The molecule has 4 nitrogen and oxygen atoms in total. The Labute approximate surface area is 147 Å². The number of para-hydroxylation sites is 1. The highest BCUT2D eigenvalue weighted by molar-refractivity contribution is 7.10. The van der Waals surface area contributed by atoms with Crippen molar-refractivity contribution in [1.82, 2.24) is 15.6 Å². The molecule has 2 heterocycles. The summed E-state index contributed by atoms with van der Waals surface area (Å²) < 4.78 is 0. The minimum atomic E-state index is 0.268. The van der Waals surface area contributed by atoms with Gasteiger partial charge in [-0.15, -0.1) is 11.3 Å². The molecule has 0 aliphatic heterocycles. The van der Waals surface area contributed by atoms with Crippen molar-refractivity contribution < 1.29 is 0 Å². The molecule has 1 aromatic carbocycles. The van der Waals surface area contributed by atoms with Gasteiger partial charge in [-0.1, -0.05) is 24.3 Å². The average molecular weight is 340 g/mol. The maximum Gasteiger partial charge on any atom is 0.191 e. The van der Waals surface area contributed by atoms with E-state index >= 15 is 0 Å². The number of thiophene rings is 1. The lowest BCUT2D eigenvalue weighted by Crippen LogP contribution is -2.39. The Hall–Kier alpha value is -2.27. The van der Waals surface area contributed by atoms with Crippen LogP contribution in [-0.4, -0.2) is 24.5 Å². The number of rotatable bonds is 6. The number of fused-ring (bicyclic) bond motifs is 1. The van der Waals surface area contributed by atoms with Crippen LogP contribution in [0, 0.1) is 0 Å². The molecule has 126 valence electrons. The van der Waals surface area contributed by atoms with Gasteiger partial charge in [-0.2, -0.15) is 0 Å². The fraction of sp³-hybridized carbons (Fsp3) is 0.316. The van der Waals surface area contributed by atoms with Crippen LogP contribution in [0.3, 0.4) is 0 Å². The van der Waals surface area contributed by atoms with Gasteiger partial charge in [-0.25, -0.2) is 0 Å². The minimum Gasteiger partial charge on any atom is -0.361 e. The molecule has 24 heavy (non-hydrogen) atoms. The number of aliphatic imine (C=N–C) groups is 1. The second kappa shape index (κ2) is 8.02. The SMILES string of the molecule is CN=C(NCCCc1c[nH]c2ccccc12)NC(C)c1cccs1. The summed E-state index contributed by atoms with van der Waals surface area (Å²) in [7, 11) is 1.82. The third-order valence-corrected chi connectivity index (χ3v) is 5.19. The Morgan fingerprint density at radius 3 is 2.92 bits per heavy atom. The summed E-state index contributed by atoms with van der Waals surface area (Å²) in [5.74, 6) is 0.856. The highest BCUT2D eigenvalue weighted by Crippen LogP contribution is 2.19. The van der Waals surface area contributed by atoms with Crippen LogP contribution in [0.1, 0.15) is 29.8 Å². The Morgan fingerprint density at radius 1 is 1.25 bits per heavy atom. The van der Waals surface area contributed by atoms with Crippen LogP contribution in [0.25, 0.3) is 10.9 Å². The van der Waals surface area contributed by atoms with Crippen LogP contribution in [-0.2, 0) is 6.42 Å². The normalized spacial score (nSPS) is 13.2. The molecule has 0 fully saturated rings. The first-order valence-corrected chi connectivity index (χ1v) is 9.21. The Balaban J connectivity index is 1.46. The number of H-pyrrole nitrogens is 1. The topological polar surface area (TPSA) is 52.2 Å². The second-order valence-electron chi connectivity index (χ2n) is 5.84. The minimum absolute atomic E-state index is 0.268. The summed E-state index contributed by atoms with van der Waals surface area (Å²) >= 11 is 1.76. The predicted molar refractivity (Wildman–Crippen MR) is 104 cm³/mol. The van der Waals surface area contributed by atoms with Crippen LogP contribution < -0.4 is 10.6 Å². The van der Waals surface area contributed by atoms with E-state index in [1.54, 1.807) is 11.3 Å². The highest BCUT2D eigenvalue weighted by Gasteiger charge is 2.08. The lowest BCUT2D eigenvalue weighted by molar-refractivity contribution is 0.683. The van der Waals surface area contributed by atoms with Crippen molar-refractivity contribution in [2.24, 2.45) is 4.99 Å². The molecule has 0 aliphatic rings. The van der Waals surface area contributed by atoms with Gasteiger partial charge >= 0.3 is 0 Å². The zero-order valence-electron chi connectivity index (χ0n) is 14.2.